The minimum Gasteiger partial charge on any atom is -0.353 e. The van der Waals surface area contributed by atoms with Crippen molar-refractivity contribution in [2.45, 2.75) is 57.9 Å². The molecule has 0 saturated heterocycles. The van der Waals surface area contributed by atoms with E-state index < -0.39 is 0 Å². The van der Waals surface area contributed by atoms with Gasteiger partial charge in [-0.1, -0.05) is 25.7 Å². The van der Waals surface area contributed by atoms with Crippen LogP contribution in [0.2, 0.25) is 0 Å². The summed E-state index contributed by atoms with van der Waals surface area (Å²) in [5.41, 5.74) is 1.26. The second kappa shape index (κ2) is 9.07. The van der Waals surface area contributed by atoms with Crippen LogP contribution in [0.15, 0.2) is 24.3 Å². The summed E-state index contributed by atoms with van der Waals surface area (Å²) in [4.78, 5) is 25.6. The lowest BCUT2D eigenvalue weighted by atomic mass is 10.1. The number of nitriles is 1. The van der Waals surface area contributed by atoms with Crippen molar-refractivity contribution in [2.24, 2.45) is 0 Å². The summed E-state index contributed by atoms with van der Waals surface area (Å²) >= 11 is 0. The Kier molecular flexibility index (Phi) is 6.80. The molecular weight excluding hydrogens is 302 g/mol. The van der Waals surface area contributed by atoms with Crippen molar-refractivity contribution in [3.05, 3.63) is 29.8 Å². The van der Waals surface area contributed by atoms with Crippen molar-refractivity contribution in [1.29, 1.82) is 5.26 Å². The molecule has 0 radical (unpaired) electrons. The van der Waals surface area contributed by atoms with Gasteiger partial charge in [0.25, 0.3) is 0 Å². The molecule has 1 aromatic rings. The largest absolute Gasteiger partial charge is 0.353 e. The molecule has 0 spiro atoms. The van der Waals surface area contributed by atoms with Crippen LogP contribution in [0, 0.1) is 11.3 Å². The lowest BCUT2D eigenvalue weighted by Gasteiger charge is -2.22. The van der Waals surface area contributed by atoms with E-state index >= 15 is 0 Å². The molecule has 2 amide bonds. The van der Waals surface area contributed by atoms with Gasteiger partial charge in [0.2, 0.25) is 11.8 Å². The first-order valence-electron chi connectivity index (χ1n) is 8.68. The monoisotopic (exact) mass is 327 g/mol. The molecule has 0 unspecified atom stereocenters. The highest BCUT2D eigenvalue weighted by Gasteiger charge is 2.17. The Balaban J connectivity index is 1.89. The SMILES string of the molecule is CC(=O)N(CCC(=O)NC1CCCCCC1)c1ccc(C#N)cc1. The molecule has 0 atom stereocenters. The zero-order valence-corrected chi connectivity index (χ0v) is 14.3. The first kappa shape index (κ1) is 18.0. The first-order valence-corrected chi connectivity index (χ1v) is 8.68. The molecule has 2 rings (SSSR count). The first-order chi connectivity index (χ1) is 11.6. The zero-order valence-electron chi connectivity index (χ0n) is 14.3. The van der Waals surface area contributed by atoms with Crippen molar-refractivity contribution in [2.75, 3.05) is 11.4 Å². The normalized spacial score (nSPS) is 15.2. The summed E-state index contributed by atoms with van der Waals surface area (Å²) in [6.45, 7) is 1.83. The summed E-state index contributed by atoms with van der Waals surface area (Å²) in [5.74, 6) is -0.108. The Hall–Kier alpha value is -2.35. The maximum atomic E-state index is 12.2. The van der Waals surface area contributed by atoms with Gasteiger partial charge in [-0.2, -0.15) is 5.26 Å². The fourth-order valence-electron chi connectivity index (χ4n) is 3.12. The molecule has 1 aromatic carbocycles. The molecule has 1 aliphatic carbocycles. The van der Waals surface area contributed by atoms with Crippen LogP contribution in [0.1, 0.15) is 57.4 Å². The number of hydrogen-bond acceptors (Lipinski definition) is 3. The third-order valence-electron chi connectivity index (χ3n) is 4.47. The minimum atomic E-state index is -0.109. The molecule has 0 bridgehead atoms. The number of amides is 2. The van der Waals surface area contributed by atoms with Crippen LogP contribution in [0.5, 0.6) is 0 Å². The van der Waals surface area contributed by atoms with E-state index in [1.54, 1.807) is 29.2 Å². The van der Waals surface area contributed by atoms with E-state index in [9.17, 15) is 9.59 Å². The van der Waals surface area contributed by atoms with Gasteiger partial charge in [-0.3, -0.25) is 9.59 Å². The van der Waals surface area contributed by atoms with Gasteiger partial charge in [0.05, 0.1) is 11.6 Å². The minimum absolute atomic E-state index is 0.00166. The molecule has 1 N–H and O–H groups in total. The predicted molar refractivity (Wildman–Crippen MR) is 93.4 cm³/mol. The summed E-state index contributed by atoms with van der Waals surface area (Å²) in [6.07, 6.45) is 7.25. The Morgan fingerprint density at radius 1 is 1.17 bits per heavy atom. The van der Waals surface area contributed by atoms with Gasteiger partial charge in [-0.25, -0.2) is 0 Å². The molecule has 5 nitrogen and oxygen atoms in total. The maximum absolute atomic E-state index is 12.2. The molecule has 1 saturated carbocycles. The number of nitrogens with zero attached hydrogens (tertiary/aromatic N) is 2. The molecule has 1 fully saturated rings. The van der Waals surface area contributed by atoms with Crippen LogP contribution >= 0.6 is 0 Å². The number of rotatable bonds is 5. The second-order valence-electron chi connectivity index (χ2n) is 6.34. The van der Waals surface area contributed by atoms with Crippen LogP contribution in [-0.2, 0) is 9.59 Å². The fraction of sp³-hybridized carbons (Fsp3) is 0.526. The van der Waals surface area contributed by atoms with E-state index in [2.05, 4.69) is 11.4 Å². The van der Waals surface area contributed by atoms with Gasteiger partial charge in [-0.15, -0.1) is 0 Å². The lowest BCUT2D eigenvalue weighted by molar-refractivity contribution is -0.121. The number of nitrogens with one attached hydrogen (secondary N) is 1. The van der Waals surface area contributed by atoms with E-state index in [0.29, 0.717) is 17.8 Å². The molecular formula is C19H25N3O2. The average Bonchev–Trinajstić information content (AvgIpc) is 2.84. The zero-order chi connectivity index (χ0) is 17.4. The van der Waals surface area contributed by atoms with Gasteiger partial charge >= 0.3 is 0 Å². The highest BCUT2D eigenvalue weighted by Crippen LogP contribution is 2.18. The summed E-state index contributed by atoms with van der Waals surface area (Å²) in [5, 5.41) is 11.9. The Morgan fingerprint density at radius 2 is 1.79 bits per heavy atom. The Morgan fingerprint density at radius 3 is 2.33 bits per heavy atom. The van der Waals surface area contributed by atoms with Crippen LogP contribution in [0.25, 0.3) is 0 Å². The molecule has 0 heterocycles. The van der Waals surface area contributed by atoms with Crippen LogP contribution in [-0.4, -0.2) is 24.4 Å². The smallest absolute Gasteiger partial charge is 0.223 e. The number of benzene rings is 1. The quantitative estimate of drug-likeness (QED) is 0.844. The summed E-state index contributed by atoms with van der Waals surface area (Å²) < 4.78 is 0. The van der Waals surface area contributed by atoms with Crippen molar-refractivity contribution in [1.82, 2.24) is 5.32 Å². The topological polar surface area (TPSA) is 73.2 Å². The molecule has 1 aliphatic rings. The summed E-state index contributed by atoms with van der Waals surface area (Å²) in [7, 11) is 0. The van der Waals surface area contributed by atoms with Crippen molar-refractivity contribution < 1.29 is 9.59 Å². The molecule has 0 aromatic heterocycles. The fourth-order valence-corrected chi connectivity index (χ4v) is 3.12. The van der Waals surface area contributed by atoms with Gasteiger partial charge in [0.15, 0.2) is 0 Å². The van der Waals surface area contributed by atoms with Gasteiger partial charge in [0, 0.05) is 31.6 Å². The van der Waals surface area contributed by atoms with Gasteiger partial charge in [0.1, 0.15) is 0 Å². The lowest BCUT2D eigenvalue weighted by Crippen LogP contribution is -2.38. The van der Waals surface area contributed by atoms with E-state index in [1.807, 2.05) is 0 Å². The van der Waals surface area contributed by atoms with Crippen LogP contribution < -0.4 is 10.2 Å². The van der Waals surface area contributed by atoms with E-state index in [4.69, 9.17) is 5.26 Å². The molecule has 5 heteroatoms. The van der Waals surface area contributed by atoms with Gasteiger partial charge < -0.3 is 10.2 Å². The standard InChI is InChI=1S/C19H25N3O2/c1-15(23)22(18-10-8-16(14-20)9-11-18)13-12-19(24)21-17-6-4-2-3-5-7-17/h8-11,17H,2-7,12-13H2,1H3,(H,21,24). The van der Waals surface area contributed by atoms with Crippen LogP contribution in [0.3, 0.4) is 0 Å². The van der Waals surface area contributed by atoms with Gasteiger partial charge in [-0.05, 0) is 37.1 Å². The highest BCUT2D eigenvalue weighted by atomic mass is 16.2. The summed E-state index contributed by atoms with van der Waals surface area (Å²) in [6, 6.07) is 9.17. The molecule has 24 heavy (non-hydrogen) atoms. The van der Waals surface area contributed by atoms with Crippen molar-refractivity contribution in [3.8, 4) is 6.07 Å². The van der Waals surface area contributed by atoms with Crippen molar-refractivity contribution >= 4 is 17.5 Å². The number of hydrogen-bond donors (Lipinski definition) is 1. The Bertz CT molecular complexity index is 596. The predicted octanol–water partition coefficient (Wildman–Crippen LogP) is 3.14. The molecule has 0 aliphatic heterocycles. The number of carbonyl (C=O) groups excluding carboxylic acids is 2. The van der Waals surface area contributed by atoms with E-state index in [1.165, 1.54) is 32.6 Å². The van der Waals surface area contributed by atoms with E-state index in [-0.39, 0.29) is 24.3 Å². The highest BCUT2D eigenvalue weighted by molar-refractivity contribution is 5.92. The number of anilines is 1. The second-order valence-corrected chi connectivity index (χ2v) is 6.34. The van der Waals surface area contributed by atoms with Crippen LogP contribution in [0.4, 0.5) is 5.69 Å². The van der Waals surface area contributed by atoms with E-state index in [0.717, 1.165) is 12.8 Å². The third-order valence-corrected chi connectivity index (χ3v) is 4.47. The number of carbonyl (C=O) groups is 2. The third kappa shape index (κ3) is 5.38. The molecule has 128 valence electrons. The average molecular weight is 327 g/mol. The van der Waals surface area contributed by atoms with Crippen molar-refractivity contribution in [3.63, 3.8) is 0 Å². The Labute approximate surface area is 143 Å². The maximum Gasteiger partial charge on any atom is 0.223 e.